The normalized spacial score (nSPS) is 20.0. The summed E-state index contributed by atoms with van der Waals surface area (Å²) < 4.78 is 0. The molecule has 1 aliphatic heterocycles. The Morgan fingerprint density at radius 2 is 1.73 bits per heavy atom. The first-order chi connectivity index (χ1) is 4.80. The molecule has 0 aromatic heterocycles. The van der Waals surface area contributed by atoms with Crippen LogP contribution in [-0.4, -0.2) is 25.2 Å². The van der Waals surface area contributed by atoms with Gasteiger partial charge in [-0.05, 0) is 25.9 Å². The zero-order valence-electron chi connectivity index (χ0n) is 6.72. The van der Waals surface area contributed by atoms with Gasteiger partial charge in [0.05, 0.1) is 12.1 Å². The molecule has 0 saturated carbocycles. The summed E-state index contributed by atoms with van der Waals surface area (Å²) in [6, 6.07) is 0. The van der Waals surface area contributed by atoms with Crippen molar-refractivity contribution in [2.75, 3.05) is 13.1 Å². The zero-order chi connectivity index (χ0) is 7.40. The number of carboxylic acids is 1. The van der Waals surface area contributed by atoms with E-state index in [-0.39, 0.29) is 51.4 Å². The largest absolute Gasteiger partial charge is 1.00 e. The van der Waals surface area contributed by atoms with Gasteiger partial charge in [0.15, 0.2) is 0 Å². The second-order valence-electron chi connectivity index (χ2n) is 2.37. The average molecular weight is 182 g/mol. The molecule has 0 radical (unpaired) electrons. The SMILES string of the molecule is O=C([O-])C1NCCCCN1.[K+]. The van der Waals surface area contributed by atoms with Crippen molar-refractivity contribution in [2.24, 2.45) is 0 Å². The Morgan fingerprint density at radius 3 is 2.09 bits per heavy atom. The van der Waals surface area contributed by atoms with E-state index in [0.717, 1.165) is 25.9 Å². The zero-order valence-corrected chi connectivity index (χ0v) is 9.85. The van der Waals surface area contributed by atoms with Crippen LogP contribution in [0.3, 0.4) is 0 Å². The van der Waals surface area contributed by atoms with Crippen LogP contribution in [-0.2, 0) is 4.79 Å². The number of carbonyl (C=O) groups excluding carboxylic acids is 1. The van der Waals surface area contributed by atoms with Gasteiger partial charge in [0.1, 0.15) is 0 Å². The molecule has 0 bridgehead atoms. The van der Waals surface area contributed by atoms with E-state index in [4.69, 9.17) is 0 Å². The third kappa shape index (κ3) is 4.57. The fourth-order valence-electron chi connectivity index (χ4n) is 0.982. The van der Waals surface area contributed by atoms with Gasteiger partial charge in [-0.3, -0.25) is 10.6 Å². The van der Waals surface area contributed by atoms with Gasteiger partial charge in [-0.1, -0.05) is 0 Å². The average Bonchev–Trinajstić information content (AvgIpc) is 2.12. The standard InChI is InChI=1S/C6H12N2O2.K/c9-6(10)5-7-3-1-2-4-8-5;/h5,7-8H,1-4H2,(H,9,10);/q;+1/p-1. The molecule has 1 heterocycles. The Kier molecular flexibility index (Phi) is 7.14. The Bertz CT molecular complexity index is 124. The number of carbonyl (C=O) groups is 1. The van der Waals surface area contributed by atoms with E-state index in [1.54, 1.807) is 0 Å². The molecule has 1 fully saturated rings. The predicted octanol–water partition coefficient (Wildman–Crippen LogP) is -4.96. The van der Waals surface area contributed by atoms with Crippen molar-refractivity contribution in [3.63, 3.8) is 0 Å². The molecule has 1 rings (SSSR count). The van der Waals surface area contributed by atoms with Gasteiger partial charge in [-0.2, -0.15) is 0 Å². The van der Waals surface area contributed by atoms with E-state index >= 15 is 0 Å². The van der Waals surface area contributed by atoms with Gasteiger partial charge >= 0.3 is 51.4 Å². The van der Waals surface area contributed by atoms with Gasteiger partial charge in [0.25, 0.3) is 0 Å². The van der Waals surface area contributed by atoms with Gasteiger partial charge in [0.2, 0.25) is 0 Å². The number of hydrogen-bond acceptors (Lipinski definition) is 4. The minimum Gasteiger partial charge on any atom is -0.547 e. The number of rotatable bonds is 1. The summed E-state index contributed by atoms with van der Waals surface area (Å²) in [6.07, 6.45) is 1.40. The molecule has 0 atom stereocenters. The number of aliphatic carboxylic acids is 1. The Hall–Kier alpha value is 1.03. The van der Waals surface area contributed by atoms with Crippen molar-refractivity contribution < 1.29 is 61.3 Å². The molecule has 0 aliphatic carbocycles. The third-order valence-electron chi connectivity index (χ3n) is 1.54. The molecule has 5 heteroatoms. The molecular weight excluding hydrogens is 171 g/mol. The van der Waals surface area contributed by atoms with E-state index in [1.807, 2.05) is 0 Å². The van der Waals surface area contributed by atoms with Gasteiger partial charge in [-0.15, -0.1) is 0 Å². The maximum absolute atomic E-state index is 10.3. The van der Waals surface area contributed by atoms with Gasteiger partial charge in [0, 0.05) is 0 Å². The molecule has 58 valence electrons. The maximum atomic E-state index is 10.3. The predicted molar refractivity (Wildman–Crippen MR) is 34.0 cm³/mol. The van der Waals surface area contributed by atoms with Crippen molar-refractivity contribution >= 4 is 5.97 Å². The monoisotopic (exact) mass is 182 g/mol. The van der Waals surface area contributed by atoms with Gasteiger partial charge < -0.3 is 9.90 Å². The first-order valence-electron chi connectivity index (χ1n) is 3.48. The van der Waals surface area contributed by atoms with E-state index in [9.17, 15) is 9.90 Å². The van der Waals surface area contributed by atoms with Crippen molar-refractivity contribution in [3.05, 3.63) is 0 Å². The number of nitrogens with one attached hydrogen (secondary N) is 2. The van der Waals surface area contributed by atoms with Crippen LogP contribution in [0.15, 0.2) is 0 Å². The van der Waals surface area contributed by atoms with E-state index < -0.39 is 12.1 Å². The number of hydrogen-bond donors (Lipinski definition) is 2. The Morgan fingerprint density at radius 1 is 1.27 bits per heavy atom. The van der Waals surface area contributed by atoms with Crippen molar-refractivity contribution in [2.45, 2.75) is 19.0 Å². The quantitative estimate of drug-likeness (QED) is 0.399. The maximum Gasteiger partial charge on any atom is 1.00 e. The summed E-state index contributed by atoms with van der Waals surface area (Å²) in [6.45, 7) is 1.51. The van der Waals surface area contributed by atoms with Crippen LogP contribution >= 0.6 is 0 Å². The minimum absolute atomic E-state index is 0. The summed E-state index contributed by atoms with van der Waals surface area (Å²) in [5.41, 5.74) is 0. The summed E-state index contributed by atoms with van der Waals surface area (Å²) in [5.74, 6) is -1.07. The molecule has 0 amide bonds. The Balaban J connectivity index is 0.000001000. The molecule has 11 heavy (non-hydrogen) atoms. The van der Waals surface area contributed by atoms with Crippen LogP contribution in [0.5, 0.6) is 0 Å². The molecule has 2 N–H and O–H groups in total. The molecule has 0 aromatic rings. The van der Waals surface area contributed by atoms with E-state index in [1.165, 1.54) is 0 Å². The van der Waals surface area contributed by atoms with Crippen molar-refractivity contribution in [3.8, 4) is 0 Å². The van der Waals surface area contributed by atoms with Crippen LogP contribution in [0.4, 0.5) is 0 Å². The van der Waals surface area contributed by atoms with Crippen molar-refractivity contribution in [1.29, 1.82) is 0 Å². The summed E-state index contributed by atoms with van der Waals surface area (Å²) in [7, 11) is 0. The molecule has 4 nitrogen and oxygen atoms in total. The third-order valence-corrected chi connectivity index (χ3v) is 1.54. The fraction of sp³-hybridized carbons (Fsp3) is 0.833. The summed E-state index contributed by atoms with van der Waals surface area (Å²) in [5, 5.41) is 15.9. The van der Waals surface area contributed by atoms with E-state index in [2.05, 4.69) is 10.6 Å². The Labute approximate surface area is 109 Å². The first kappa shape index (κ1) is 12.0. The van der Waals surface area contributed by atoms with Crippen LogP contribution < -0.4 is 67.1 Å². The molecule has 0 aromatic carbocycles. The van der Waals surface area contributed by atoms with Crippen molar-refractivity contribution in [1.82, 2.24) is 10.6 Å². The molecular formula is C6H11KN2O2. The summed E-state index contributed by atoms with van der Waals surface area (Å²) in [4.78, 5) is 10.3. The second-order valence-corrected chi connectivity index (χ2v) is 2.37. The fourth-order valence-corrected chi connectivity index (χ4v) is 0.982. The smallest absolute Gasteiger partial charge is 0.547 e. The minimum atomic E-state index is -1.07. The molecule has 0 spiro atoms. The van der Waals surface area contributed by atoms with Crippen LogP contribution in [0.2, 0.25) is 0 Å². The van der Waals surface area contributed by atoms with Crippen LogP contribution in [0.25, 0.3) is 0 Å². The number of carboxylic acid groups (broad SMARTS) is 1. The molecule has 0 unspecified atom stereocenters. The first-order valence-corrected chi connectivity index (χ1v) is 3.48. The van der Waals surface area contributed by atoms with Crippen LogP contribution in [0, 0.1) is 0 Å². The second kappa shape index (κ2) is 6.53. The topological polar surface area (TPSA) is 64.2 Å². The summed E-state index contributed by atoms with van der Waals surface area (Å²) >= 11 is 0. The molecule has 1 aliphatic rings. The van der Waals surface area contributed by atoms with E-state index in [0.29, 0.717) is 0 Å². The molecule has 1 saturated heterocycles. The van der Waals surface area contributed by atoms with Crippen LogP contribution in [0.1, 0.15) is 12.8 Å². The van der Waals surface area contributed by atoms with Gasteiger partial charge in [-0.25, -0.2) is 0 Å².